The highest BCUT2D eigenvalue weighted by molar-refractivity contribution is 9.10. The number of thiazole rings is 1. The van der Waals surface area contributed by atoms with E-state index in [0.29, 0.717) is 5.92 Å². The van der Waals surface area contributed by atoms with Gasteiger partial charge in [-0.1, -0.05) is 20.8 Å². The van der Waals surface area contributed by atoms with Crippen LogP contribution in [0.1, 0.15) is 43.7 Å². The molecule has 104 valence electrons. The number of hydrogen-bond donors (Lipinski definition) is 1. The Labute approximate surface area is 131 Å². The summed E-state index contributed by atoms with van der Waals surface area (Å²) >= 11 is 7.08. The van der Waals surface area contributed by atoms with Crippen LogP contribution in [0, 0.1) is 0 Å². The van der Waals surface area contributed by atoms with E-state index in [2.05, 4.69) is 53.5 Å². The van der Waals surface area contributed by atoms with Gasteiger partial charge in [0.25, 0.3) is 0 Å². The predicted octanol–water partition coefficient (Wildman–Crippen LogP) is 5.26. The molecule has 0 aliphatic heterocycles. The molecule has 1 N–H and O–H groups in total. The molecule has 2 aromatic rings. The van der Waals surface area contributed by atoms with Gasteiger partial charge < -0.3 is 5.32 Å². The van der Waals surface area contributed by atoms with Crippen LogP contribution < -0.4 is 5.32 Å². The van der Waals surface area contributed by atoms with Crippen molar-refractivity contribution in [1.82, 2.24) is 10.3 Å². The second kappa shape index (κ2) is 6.97. The second-order valence-electron chi connectivity index (χ2n) is 4.79. The fourth-order valence-electron chi connectivity index (χ4n) is 1.85. The Balaban J connectivity index is 2.24. The summed E-state index contributed by atoms with van der Waals surface area (Å²) in [6.07, 6.45) is 1.17. The van der Waals surface area contributed by atoms with E-state index in [9.17, 15) is 0 Å². The first-order chi connectivity index (χ1) is 9.11. The van der Waals surface area contributed by atoms with Gasteiger partial charge in [0.2, 0.25) is 0 Å². The maximum atomic E-state index is 4.84. The van der Waals surface area contributed by atoms with Gasteiger partial charge in [-0.2, -0.15) is 0 Å². The molecule has 0 aliphatic carbocycles. The molecule has 0 unspecified atom stereocenters. The summed E-state index contributed by atoms with van der Waals surface area (Å²) in [7, 11) is 0. The molecular formula is C14H19BrN2S2. The van der Waals surface area contributed by atoms with E-state index in [4.69, 9.17) is 4.98 Å². The van der Waals surface area contributed by atoms with Crippen molar-refractivity contribution in [3.8, 4) is 9.88 Å². The lowest BCUT2D eigenvalue weighted by molar-refractivity contribution is 0.670. The van der Waals surface area contributed by atoms with Gasteiger partial charge in [0.1, 0.15) is 5.01 Å². The zero-order valence-corrected chi connectivity index (χ0v) is 14.7. The number of halogens is 1. The molecule has 2 nitrogen and oxygen atoms in total. The van der Waals surface area contributed by atoms with Crippen molar-refractivity contribution in [3.63, 3.8) is 0 Å². The average molecular weight is 359 g/mol. The van der Waals surface area contributed by atoms with E-state index in [1.807, 2.05) is 11.3 Å². The van der Waals surface area contributed by atoms with E-state index in [0.717, 1.165) is 22.6 Å². The lowest BCUT2D eigenvalue weighted by atomic mass is 10.1. The van der Waals surface area contributed by atoms with Crippen LogP contribution in [0.2, 0.25) is 0 Å². The van der Waals surface area contributed by atoms with Crippen molar-refractivity contribution < 1.29 is 0 Å². The third kappa shape index (κ3) is 3.88. The largest absolute Gasteiger partial charge is 0.312 e. The van der Waals surface area contributed by atoms with Crippen LogP contribution in [0.25, 0.3) is 9.88 Å². The zero-order chi connectivity index (χ0) is 13.8. The molecule has 0 spiro atoms. The summed E-state index contributed by atoms with van der Waals surface area (Å²) in [5, 5.41) is 6.74. The van der Waals surface area contributed by atoms with Gasteiger partial charge in [-0.25, -0.2) is 4.98 Å². The monoisotopic (exact) mass is 358 g/mol. The Morgan fingerprint density at radius 3 is 2.79 bits per heavy atom. The smallest absolute Gasteiger partial charge is 0.133 e. The fourth-order valence-corrected chi connectivity index (χ4v) is 4.53. The third-order valence-electron chi connectivity index (χ3n) is 2.77. The van der Waals surface area contributed by atoms with Gasteiger partial charge in [0, 0.05) is 21.3 Å². The van der Waals surface area contributed by atoms with E-state index >= 15 is 0 Å². The summed E-state index contributed by atoms with van der Waals surface area (Å²) in [4.78, 5) is 7.47. The highest BCUT2D eigenvalue weighted by Gasteiger charge is 2.15. The van der Waals surface area contributed by atoms with Gasteiger partial charge in [-0.05, 0) is 40.9 Å². The lowest BCUT2D eigenvalue weighted by Gasteiger charge is -2.05. The minimum Gasteiger partial charge on any atom is -0.312 e. The second-order valence-corrected chi connectivity index (χ2v) is 7.70. The van der Waals surface area contributed by atoms with E-state index in [1.165, 1.54) is 21.9 Å². The van der Waals surface area contributed by atoms with Crippen LogP contribution in [-0.2, 0) is 6.54 Å². The molecule has 5 heteroatoms. The number of nitrogens with zero attached hydrogens (tertiary/aromatic N) is 1. The maximum Gasteiger partial charge on any atom is 0.133 e. The molecule has 0 aliphatic rings. The number of thiophene rings is 1. The highest BCUT2D eigenvalue weighted by atomic mass is 79.9. The van der Waals surface area contributed by atoms with Crippen molar-refractivity contribution in [2.45, 2.75) is 39.7 Å². The minimum atomic E-state index is 0.479. The van der Waals surface area contributed by atoms with E-state index in [-0.39, 0.29) is 0 Å². The normalized spacial score (nSPS) is 11.4. The Hall–Kier alpha value is -0.230. The number of rotatable bonds is 6. The molecule has 0 aromatic carbocycles. The number of aromatic nitrogens is 1. The van der Waals surface area contributed by atoms with Gasteiger partial charge in [0.15, 0.2) is 0 Å². The molecular weight excluding hydrogens is 340 g/mol. The van der Waals surface area contributed by atoms with Gasteiger partial charge >= 0.3 is 0 Å². The molecule has 0 fully saturated rings. The summed E-state index contributed by atoms with van der Waals surface area (Å²) in [6.45, 7) is 8.62. The summed E-state index contributed by atoms with van der Waals surface area (Å²) in [5.74, 6) is 0.479. The molecule has 0 atom stereocenters. The first kappa shape index (κ1) is 15.2. The Kier molecular flexibility index (Phi) is 5.57. The highest BCUT2D eigenvalue weighted by Crippen LogP contribution is 2.36. The standard InChI is InChI=1S/C14H19BrN2S2/c1-4-5-16-7-12-13(9(2)3)17-14(19-12)11-6-10(15)8-18-11/h6,8-9,16H,4-5,7H2,1-3H3. The van der Waals surface area contributed by atoms with Crippen LogP contribution in [0.15, 0.2) is 15.9 Å². The molecule has 0 saturated heterocycles. The SMILES string of the molecule is CCCNCc1sc(-c2cc(Br)cs2)nc1C(C)C. The molecule has 2 heterocycles. The van der Waals surface area contributed by atoms with Crippen LogP contribution in [0.3, 0.4) is 0 Å². The zero-order valence-electron chi connectivity index (χ0n) is 11.5. The van der Waals surface area contributed by atoms with Crippen LogP contribution in [0.5, 0.6) is 0 Å². The molecule has 0 amide bonds. The van der Waals surface area contributed by atoms with Gasteiger partial charge in [0.05, 0.1) is 10.6 Å². The topological polar surface area (TPSA) is 24.9 Å². The first-order valence-corrected chi connectivity index (χ1v) is 9.05. The Morgan fingerprint density at radius 1 is 1.42 bits per heavy atom. The molecule has 0 radical (unpaired) electrons. The molecule has 2 aromatic heterocycles. The molecule has 2 rings (SSSR count). The Morgan fingerprint density at radius 2 is 2.21 bits per heavy atom. The van der Waals surface area contributed by atoms with Gasteiger partial charge in [-0.3, -0.25) is 0 Å². The van der Waals surface area contributed by atoms with Gasteiger partial charge in [-0.15, -0.1) is 22.7 Å². The lowest BCUT2D eigenvalue weighted by Crippen LogP contribution is -2.14. The number of hydrogen-bond acceptors (Lipinski definition) is 4. The third-order valence-corrected chi connectivity index (χ3v) is 5.70. The number of nitrogens with one attached hydrogen (secondary N) is 1. The Bertz CT molecular complexity index is 531. The molecule has 0 saturated carbocycles. The van der Waals surface area contributed by atoms with Crippen molar-refractivity contribution in [2.24, 2.45) is 0 Å². The summed E-state index contributed by atoms with van der Waals surface area (Å²) in [5.41, 5.74) is 1.24. The average Bonchev–Trinajstić information content (AvgIpc) is 2.96. The van der Waals surface area contributed by atoms with E-state index < -0.39 is 0 Å². The van der Waals surface area contributed by atoms with Crippen LogP contribution in [0.4, 0.5) is 0 Å². The maximum absolute atomic E-state index is 4.84. The van der Waals surface area contributed by atoms with Crippen molar-refractivity contribution in [2.75, 3.05) is 6.54 Å². The van der Waals surface area contributed by atoms with E-state index in [1.54, 1.807) is 11.3 Å². The van der Waals surface area contributed by atoms with Crippen LogP contribution in [-0.4, -0.2) is 11.5 Å². The molecule has 0 bridgehead atoms. The van der Waals surface area contributed by atoms with Crippen molar-refractivity contribution in [3.05, 3.63) is 26.5 Å². The first-order valence-electron chi connectivity index (χ1n) is 6.56. The minimum absolute atomic E-state index is 0.479. The predicted molar refractivity (Wildman–Crippen MR) is 89.2 cm³/mol. The molecule has 19 heavy (non-hydrogen) atoms. The van der Waals surface area contributed by atoms with Crippen molar-refractivity contribution >= 4 is 38.6 Å². The summed E-state index contributed by atoms with van der Waals surface area (Å²) in [6, 6.07) is 2.15. The van der Waals surface area contributed by atoms with Crippen molar-refractivity contribution in [1.29, 1.82) is 0 Å². The fraction of sp³-hybridized carbons (Fsp3) is 0.500. The van der Waals surface area contributed by atoms with Crippen LogP contribution >= 0.6 is 38.6 Å². The quantitative estimate of drug-likeness (QED) is 0.712. The summed E-state index contributed by atoms with van der Waals surface area (Å²) < 4.78 is 1.14.